The molecule has 2 fully saturated rings. The van der Waals surface area contributed by atoms with Crippen LogP contribution >= 0.6 is 0 Å². The number of hydrogen-bond acceptors (Lipinski definition) is 3. The molecular weight excluding hydrogens is 262 g/mol. The third-order valence-corrected chi connectivity index (χ3v) is 5.74. The molecule has 1 heterocycles. The fourth-order valence-corrected chi connectivity index (χ4v) is 4.07. The maximum atomic E-state index is 12.6. The number of piperidine rings is 1. The van der Waals surface area contributed by atoms with Gasteiger partial charge in [0.1, 0.15) is 0 Å². The first-order valence-corrected chi connectivity index (χ1v) is 8.54. The van der Waals surface area contributed by atoms with Crippen LogP contribution in [-0.2, 0) is 4.79 Å². The fourth-order valence-electron chi connectivity index (χ4n) is 4.07. The van der Waals surface area contributed by atoms with Crippen molar-refractivity contribution >= 4 is 5.91 Å². The van der Waals surface area contributed by atoms with Crippen molar-refractivity contribution in [2.75, 3.05) is 33.7 Å². The molecule has 1 aliphatic carbocycles. The van der Waals surface area contributed by atoms with Gasteiger partial charge in [-0.2, -0.15) is 0 Å². The van der Waals surface area contributed by atoms with E-state index in [2.05, 4.69) is 43.5 Å². The van der Waals surface area contributed by atoms with Gasteiger partial charge in [-0.3, -0.25) is 4.79 Å². The first kappa shape index (κ1) is 16.8. The third-order valence-electron chi connectivity index (χ3n) is 5.74. The average Bonchev–Trinajstić information content (AvgIpc) is 2.45. The highest BCUT2D eigenvalue weighted by Gasteiger charge is 2.40. The van der Waals surface area contributed by atoms with Crippen molar-refractivity contribution in [2.45, 2.75) is 57.9 Å². The summed E-state index contributed by atoms with van der Waals surface area (Å²) in [5.41, 5.74) is -0.0855. The molecule has 2 rings (SSSR count). The highest BCUT2D eigenvalue weighted by Crippen LogP contribution is 2.35. The van der Waals surface area contributed by atoms with Gasteiger partial charge in [-0.15, -0.1) is 0 Å². The molecule has 4 nitrogen and oxygen atoms in total. The lowest BCUT2D eigenvalue weighted by Crippen LogP contribution is -2.57. The zero-order chi connectivity index (χ0) is 15.5. The quantitative estimate of drug-likeness (QED) is 0.834. The maximum Gasteiger partial charge on any atom is 0.227 e. The Morgan fingerprint density at radius 2 is 2.10 bits per heavy atom. The van der Waals surface area contributed by atoms with Gasteiger partial charge in [-0.1, -0.05) is 19.8 Å². The minimum atomic E-state index is -0.230. The molecular formula is C17H33N3O. The molecule has 3 atom stereocenters. The Bertz CT molecular complexity index is 363. The third kappa shape index (κ3) is 3.78. The Hall–Kier alpha value is -0.610. The maximum absolute atomic E-state index is 12.6. The molecule has 3 unspecified atom stereocenters. The van der Waals surface area contributed by atoms with Crippen LogP contribution in [-0.4, -0.2) is 50.1 Å². The molecule has 1 saturated carbocycles. The number of likely N-dealkylation sites (N-methyl/N-ethyl adjacent to an activating group) is 1. The predicted octanol–water partition coefficient (Wildman–Crippen LogP) is 2.00. The smallest absolute Gasteiger partial charge is 0.227 e. The first-order valence-electron chi connectivity index (χ1n) is 8.54. The topological polar surface area (TPSA) is 44.4 Å². The minimum absolute atomic E-state index is 0.145. The van der Waals surface area contributed by atoms with Crippen molar-refractivity contribution in [1.82, 2.24) is 15.5 Å². The summed E-state index contributed by atoms with van der Waals surface area (Å²) in [6.45, 7) is 7.08. The second-order valence-corrected chi connectivity index (χ2v) is 7.84. The summed E-state index contributed by atoms with van der Waals surface area (Å²) in [7, 11) is 4.32. The van der Waals surface area contributed by atoms with E-state index in [9.17, 15) is 4.79 Å². The lowest BCUT2D eigenvalue weighted by molar-refractivity contribution is -0.132. The summed E-state index contributed by atoms with van der Waals surface area (Å²) < 4.78 is 0. The highest BCUT2D eigenvalue weighted by molar-refractivity contribution is 5.82. The molecule has 1 saturated heterocycles. The van der Waals surface area contributed by atoms with E-state index in [1.165, 1.54) is 25.7 Å². The summed E-state index contributed by atoms with van der Waals surface area (Å²) in [6.07, 6.45) is 7.07. The van der Waals surface area contributed by atoms with Crippen molar-refractivity contribution < 1.29 is 4.79 Å². The van der Waals surface area contributed by atoms with E-state index in [4.69, 9.17) is 0 Å². The Kier molecular flexibility index (Phi) is 5.31. The van der Waals surface area contributed by atoms with Gasteiger partial charge in [-0.25, -0.2) is 0 Å². The average molecular weight is 295 g/mol. The van der Waals surface area contributed by atoms with Crippen LogP contribution in [0.15, 0.2) is 0 Å². The van der Waals surface area contributed by atoms with Gasteiger partial charge in [0.15, 0.2) is 0 Å². The lowest BCUT2D eigenvalue weighted by atomic mass is 9.75. The summed E-state index contributed by atoms with van der Waals surface area (Å²) in [4.78, 5) is 15.0. The predicted molar refractivity (Wildman–Crippen MR) is 87.3 cm³/mol. The fraction of sp³-hybridized carbons (Fsp3) is 0.941. The van der Waals surface area contributed by atoms with E-state index in [-0.39, 0.29) is 16.9 Å². The SMILES string of the molecule is CC1CCCC(CNC(=O)C2(C)CCCNC2)(N(C)C)C1. The number of carbonyl (C=O) groups is 1. The zero-order valence-corrected chi connectivity index (χ0v) is 14.3. The molecule has 0 bridgehead atoms. The van der Waals surface area contributed by atoms with Gasteiger partial charge < -0.3 is 15.5 Å². The molecule has 0 radical (unpaired) electrons. The van der Waals surface area contributed by atoms with Crippen LogP contribution in [0.4, 0.5) is 0 Å². The Morgan fingerprint density at radius 1 is 1.33 bits per heavy atom. The van der Waals surface area contributed by atoms with Crippen molar-refractivity contribution in [3.8, 4) is 0 Å². The van der Waals surface area contributed by atoms with Crippen molar-refractivity contribution in [3.05, 3.63) is 0 Å². The number of nitrogens with zero attached hydrogens (tertiary/aromatic N) is 1. The normalized spacial score (nSPS) is 37.5. The Morgan fingerprint density at radius 3 is 2.67 bits per heavy atom. The van der Waals surface area contributed by atoms with Gasteiger partial charge in [0, 0.05) is 18.6 Å². The lowest BCUT2D eigenvalue weighted by Gasteiger charge is -2.46. The van der Waals surface area contributed by atoms with Crippen molar-refractivity contribution in [1.29, 1.82) is 0 Å². The van der Waals surface area contributed by atoms with Gasteiger partial charge in [0.05, 0.1) is 5.41 Å². The van der Waals surface area contributed by atoms with E-state index < -0.39 is 0 Å². The second kappa shape index (κ2) is 6.66. The number of rotatable bonds is 4. The van der Waals surface area contributed by atoms with E-state index in [1.54, 1.807) is 0 Å². The largest absolute Gasteiger partial charge is 0.354 e. The van der Waals surface area contributed by atoms with E-state index in [0.29, 0.717) is 0 Å². The summed E-state index contributed by atoms with van der Waals surface area (Å²) in [5, 5.41) is 6.65. The van der Waals surface area contributed by atoms with Crippen molar-refractivity contribution in [2.24, 2.45) is 11.3 Å². The standard InChI is InChI=1S/C17H33N3O/c1-14-7-5-9-17(11-14,20(3)4)13-19-15(21)16(2)8-6-10-18-12-16/h14,18H,5-13H2,1-4H3,(H,19,21). The first-order chi connectivity index (χ1) is 9.88. The van der Waals surface area contributed by atoms with Crippen molar-refractivity contribution in [3.63, 3.8) is 0 Å². The van der Waals surface area contributed by atoms with Crippen LogP contribution in [0.2, 0.25) is 0 Å². The summed E-state index contributed by atoms with van der Waals surface area (Å²) in [5.74, 6) is 0.985. The molecule has 2 aliphatic rings. The number of amides is 1. The number of nitrogens with one attached hydrogen (secondary N) is 2. The van der Waals surface area contributed by atoms with Crippen LogP contribution in [0.5, 0.6) is 0 Å². The Labute approximate surface area is 130 Å². The Balaban J connectivity index is 1.97. The summed E-state index contributed by atoms with van der Waals surface area (Å²) in [6, 6.07) is 0. The minimum Gasteiger partial charge on any atom is -0.354 e. The van der Waals surface area contributed by atoms with Gasteiger partial charge in [0.25, 0.3) is 0 Å². The van der Waals surface area contributed by atoms with E-state index >= 15 is 0 Å². The van der Waals surface area contributed by atoms with E-state index in [1.807, 2.05) is 0 Å². The van der Waals surface area contributed by atoms with Gasteiger partial charge >= 0.3 is 0 Å². The highest BCUT2D eigenvalue weighted by atomic mass is 16.2. The van der Waals surface area contributed by atoms with Crippen LogP contribution in [0, 0.1) is 11.3 Å². The number of carbonyl (C=O) groups excluding carboxylic acids is 1. The van der Waals surface area contributed by atoms with Gasteiger partial charge in [0.2, 0.25) is 5.91 Å². The molecule has 2 N–H and O–H groups in total. The van der Waals surface area contributed by atoms with Crippen LogP contribution in [0.1, 0.15) is 52.4 Å². The second-order valence-electron chi connectivity index (χ2n) is 7.84. The molecule has 0 aromatic carbocycles. The van der Waals surface area contributed by atoms with Crippen LogP contribution in [0.3, 0.4) is 0 Å². The summed E-state index contributed by atoms with van der Waals surface area (Å²) >= 11 is 0. The van der Waals surface area contributed by atoms with Gasteiger partial charge in [-0.05, 0) is 59.2 Å². The molecule has 0 aromatic heterocycles. The molecule has 122 valence electrons. The molecule has 21 heavy (non-hydrogen) atoms. The number of hydrogen-bond donors (Lipinski definition) is 2. The van der Waals surface area contributed by atoms with E-state index in [0.717, 1.165) is 38.4 Å². The molecule has 1 amide bonds. The van der Waals surface area contributed by atoms with Crippen LogP contribution < -0.4 is 10.6 Å². The zero-order valence-electron chi connectivity index (χ0n) is 14.3. The molecule has 0 aromatic rings. The molecule has 4 heteroatoms. The molecule has 1 aliphatic heterocycles. The van der Waals surface area contributed by atoms with Crippen LogP contribution in [0.25, 0.3) is 0 Å². The monoisotopic (exact) mass is 295 g/mol. The molecule has 0 spiro atoms.